The fraction of sp³-hybridized carbons (Fsp3) is 0.652. The molecular weight excluding hydrogens is 366 g/mol. The van der Waals surface area contributed by atoms with Gasteiger partial charge in [0.2, 0.25) is 5.91 Å². The Morgan fingerprint density at radius 1 is 1.03 bits per heavy atom. The largest absolute Gasteiger partial charge is 0.444 e. The van der Waals surface area contributed by atoms with Crippen LogP contribution in [-0.4, -0.2) is 72.6 Å². The second-order valence-electron chi connectivity index (χ2n) is 9.22. The molecule has 156 valence electrons. The van der Waals surface area contributed by atoms with Gasteiger partial charge >= 0.3 is 6.09 Å². The van der Waals surface area contributed by atoms with E-state index in [0.717, 1.165) is 51.9 Å². The monoisotopic (exact) mass is 397 g/mol. The minimum absolute atomic E-state index is 0.0157. The summed E-state index contributed by atoms with van der Waals surface area (Å²) in [6.07, 6.45) is 4.37. The van der Waals surface area contributed by atoms with Crippen molar-refractivity contribution in [3.05, 3.63) is 35.4 Å². The Labute approximate surface area is 172 Å². The first-order valence-corrected chi connectivity index (χ1v) is 11.1. The first kappa shape index (κ1) is 18.9. The number of carbonyl (C=O) groups is 2. The Balaban J connectivity index is 1.38. The minimum Gasteiger partial charge on any atom is -0.444 e. The Morgan fingerprint density at radius 2 is 1.79 bits per heavy atom. The summed E-state index contributed by atoms with van der Waals surface area (Å²) in [5.74, 6) is 0.832. The van der Waals surface area contributed by atoms with E-state index in [2.05, 4.69) is 23.1 Å². The van der Waals surface area contributed by atoms with Crippen molar-refractivity contribution in [1.82, 2.24) is 14.7 Å². The van der Waals surface area contributed by atoms with Crippen molar-refractivity contribution in [2.24, 2.45) is 11.8 Å². The van der Waals surface area contributed by atoms with Gasteiger partial charge in [-0.3, -0.25) is 9.69 Å². The van der Waals surface area contributed by atoms with Crippen LogP contribution in [0.4, 0.5) is 4.79 Å². The lowest BCUT2D eigenvalue weighted by atomic mass is 9.80. The fourth-order valence-corrected chi connectivity index (χ4v) is 5.79. The van der Waals surface area contributed by atoms with Crippen LogP contribution < -0.4 is 0 Å². The Hall–Kier alpha value is -2.08. The van der Waals surface area contributed by atoms with Gasteiger partial charge in [-0.05, 0) is 61.7 Å². The Morgan fingerprint density at radius 3 is 2.52 bits per heavy atom. The Bertz CT molecular complexity index is 789. The molecule has 2 unspecified atom stereocenters. The highest BCUT2D eigenvalue weighted by molar-refractivity contribution is 5.77. The van der Waals surface area contributed by atoms with Gasteiger partial charge in [-0.15, -0.1) is 0 Å². The summed E-state index contributed by atoms with van der Waals surface area (Å²) < 4.78 is 6.10. The topological polar surface area (TPSA) is 53.1 Å². The van der Waals surface area contributed by atoms with Crippen LogP contribution in [-0.2, 0) is 16.0 Å². The molecule has 1 aromatic carbocycles. The molecule has 0 aliphatic carbocycles. The zero-order valence-electron chi connectivity index (χ0n) is 17.3. The van der Waals surface area contributed by atoms with Crippen molar-refractivity contribution in [3.8, 4) is 0 Å². The predicted molar refractivity (Wildman–Crippen MR) is 109 cm³/mol. The lowest BCUT2D eigenvalue weighted by Gasteiger charge is -2.46. The second kappa shape index (κ2) is 7.63. The average Bonchev–Trinajstić information content (AvgIpc) is 2.76. The van der Waals surface area contributed by atoms with Gasteiger partial charge < -0.3 is 14.5 Å². The molecule has 0 N–H and O–H groups in total. The molecule has 6 nitrogen and oxygen atoms in total. The predicted octanol–water partition coefficient (Wildman–Crippen LogP) is 2.69. The molecule has 5 aliphatic rings. The number of rotatable bonds is 2. The summed E-state index contributed by atoms with van der Waals surface area (Å²) in [4.78, 5) is 31.9. The van der Waals surface area contributed by atoms with E-state index in [1.807, 2.05) is 18.0 Å². The molecule has 2 amide bonds. The van der Waals surface area contributed by atoms with E-state index in [-0.39, 0.29) is 30.1 Å². The zero-order chi connectivity index (χ0) is 20.0. The van der Waals surface area contributed by atoms with Crippen LogP contribution in [0, 0.1) is 11.8 Å². The lowest BCUT2D eigenvalue weighted by molar-refractivity contribution is -0.134. The van der Waals surface area contributed by atoms with E-state index in [1.165, 1.54) is 11.1 Å². The number of likely N-dealkylation sites (tertiary alicyclic amines) is 1. The summed E-state index contributed by atoms with van der Waals surface area (Å²) in [5.41, 5.74) is 2.50. The molecule has 0 radical (unpaired) electrons. The van der Waals surface area contributed by atoms with E-state index >= 15 is 0 Å². The normalized spacial score (nSPS) is 34.1. The van der Waals surface area contributed by atoms with Gasteiger partial charge in [0.05, 0.1) is 6.04 Å². The molecular formula is C23H31N3O3. The van der Waals surface area contributed by atoms with E-state index in [1.54, 1.807) is 4.90 Å². The molecule has 1 aromatic rings. The van der Waals surface area contributed by atoms with Gasteiger partial charge in [-0.1, -0.05) is 24.3 Å². The van der Waals surface area contributed by atoms with Crippen molar-refractivity contribution in [2.75, 3.05) is 39.8 Å². The molecule has 0 aromatic heterocycles. The summed E-state index contributed by atoms with van der Waals surface area (Å²) in [6.45, 7) is 4.57. The van der Waals surface area contributed by atoms with E-state index in [0.29, 0.717) is 18.9 Å². The van der Waals surface area contributed by atoms with Crippen LogP contribution in [0.25, 0.3) is 0 Å². The van der Waals surface area contributed by atoms with E-state index < -0.39 is 0 Å². The molecule has 5 heterocycles. The van der Waals surface area contributed by atoms with Gasteiger partial charge in [0.1, 0.15) is 6.10 Å². The highest BCUT2D eigenvalue weighted by Crippen LogP contribution is 2.41. The number of nitrogens with zero attached hydrogens (tertiary/aromatic N) is 3. The fourth-order valence-electron chi connectivity index (χ4n) is 5.79. The number of fused-ring (bicyclic) bond motifs is 4. The maximum atomic E-state index is 13.3. The molecule has 3 atom stereocenters. The first-order valence-electron chi connectivity index (χ1n) is 11.1. The molecule has 2 bridgehead atoms. The van der Waals surface area contributed by atoms with Gasteiger partial charge in [0, 0.05) is 33.1 Å². The molecule has 5 aliphatic heterocycles. The van der Waals surface area contributed by atoms with Gasteiger partial charge in [0.25, 0.3) is 0 Å². The molecule has 6 rings (SSSR count). The van der Waals surface area contributed by atoms with Crippen molar-refractivity contribution in [1.29, 1.82) is 0 Å². The smallest absolute Gasteiger partial charge is 0.410 e. The van der Waals surface area contributed by atoms with Crippen molar-refractivity contribution in [2.45, 2.75) is 44.2 Å². The highest BCUT2D eigenvalue weighted by atomic mass is 16.6. The maximum Gasteiger partial charge on any atom is 0.410 e. The molecule has 4 fully saturated rings. The van der Waals surface area contributed by atoms with Crippen LogP contribution in [0.15, 0.2) is 24.3 Å². The molecule has 0 spiro atoms. The van der Waals surface area contributed by atoms with Gasteiger partial charge in [-0.2, -0.15) is 0 Å². The van der Waals surface area contributed by atoms with Crippen molar-refractivity contribution < 1.29 is 14.3 Å². The number of carbonyl (C=O) groups excluding carboxylic acids is 2. The molecule has 6 heteroatoms. The third kappa shape index (κ3) is 3.52. The van der Waals surface area contributed by atoms with Gasteiger partial charge in [-0.25, -0.2) is 4.79 Å². The second-order valence-corrected chi connectivity index (χ2v) is 9.22. The highest BCUT2D eigenvalue weighted by Gasteiger charge is 2.42. The summed E-state index contributed by atoms with van der Waals surface area (Å²) in [6, 6.07) is 8.35. The van der Waals surface area contributed by atoms with Gasteiger partial charge in [0.15, 0.2) is 0 Å². The van der Waals surface area contributed by atoms with E-state index in [4.69, 9.17) is 4.74 Å². The summed E-state index contributed by atoms with van der Waals surface area (Å²) in [7, 11) is 1.87. The number of amides is 2. The standard InChI is InChI=1S/C23H31N3O3/c1-24-10-6-18(14-21(24)27)22-19-5-3-2-4-16(19)9-13-26(22)23(28)29-20-15-25-11-7-17(20)8-12-25/h2-5,17-18,20,22H,6-15H2,1H3/t18?,20-,22?/m0/s1. The van der Waals surface area contributed by atoms with Crippen LogP contribution in [0.3, 0.4) is 0 Å². The lowest BCUT2D eigenvalue weighted by Crippen LogP contribution is -2.54. The minimum atomic E-state index is -0.186. The quantitative estimate of drug-likeness (QED) is 0.770. The maximum absolute atomic E-state index is 13.3. The first-order chi connectivity index (χ1) is 14.1. The van der Waals surface area contributed by atoms with Crippen molar-refractivity contribution >= 4 is 12.0 Å². The molecule has 0 saturated carbocycles. The number of hydrogen-bond donors (Lipinski definition) is 0. The average molecular weight is 398 g/mol. The van der Waals surface area contributed by atoms with Crippen LogP contribution in [0.5, 0.6) is 0 Å². The van der Waals surface area contributed by atoms with Crippen LogP contribution >= 0.6 is 0 Å². The Kier molecular flexibility index (Phi) is 4.98. The number of benzene rings is 1. The SMILES string of the molecule is CN1CCC(C2c3ccccc3CCN2C(=O)O[C@H]2CN3CCC2CC3)CC1=O. The molecule has 4 saturated heterocycles. The van der Waals surface area contributed by atoms with Crippen LogP contribution in [0.1, 0.15) is 42.9 Å². The number of ether oxygens (including phenoxy) is 1. The third-order valence-corrected chi connectivity index (χ3v) is 7.56. The van der Waals surface area contributed by atoms with Crippen LogP contribution in [0.2, 0.25) is 0 Å². The van der Waals surface area contributed by atoms with E-state index in [9.17, 15) is 9.59 Å². The zero-order valence-corrected chi connectivity index (χ0v) is 17.3. The molecule has 29 heavy (non-hydrogen) atoms. The summed E-state index contributed by atoms with van der Waals surface area (Å²) in [5, 5.41) is 0. The number of piperidine rings is 4. The number of hydrogen-bond acceptors (Lipinski definition) is 4. The summed E-state index contributed by atoms with van der Waals surface area (Å²) >= 11 is 0. The third-order valence-electron chi connectivity index (χ3n) is 7.56. The van der Waals surface area contributed by atoms with Crippen molar-refractivity contribution in [3.63, 3.8) is 0 Å².